The summed E-state index contributed by atoms with van der Waals surface area (Å²) in [6.07, 6.45) is -2.51. The predicted octanol–water partition coefficient (Wildman–Crippen LogP) is 2.19. The van der Waals surface area contributed by atoms with E-state index in [1.807, 2.05) is 6.92 Å². The average Bonchev–Trinajstić information content (AvgIpc) is 2.27. The van der Waals surface area contributed by atoms with Gasteiger partial charge in [-0.2, -0.15) is 0 Å². The number of hydrogen-bond acceptors (Lipinski definition) is 3. The van der Waals surface area contributed by atoms with Gasteiger partial charge in [0.1, 0.15) is 6.61 Å². The highest BCUT2D eigenvalue weighted by Gasteiger charge is 2.12. The molecule has 0 saturated heterocycles. The van der Waals surface area contributed by atoms with Gasteiger partial charge in [0.25, 0.3) is 6.43 Å². The highest BCUT2D eigenvalue weighted by atomic mass is 19.3. The first kappa shape index (κ1) is 12.7. The third-order valence-electron chi connectivity index (χ3n) is 1.93. The summed E-state index contributed by atoms with van der Waals surface area (Å²) in [6, 6.07) is 5.15. The van der Waals surface area contributed by atoms with E-state index in [0.29, 0.717) is 23.7 Å². The van der Waals surface area contributed by atoms with Gasteiger partial charge in [-0.15, -0.1) is 0 Å². The van der Waals surface area contributed by atoms with Gasteiger partial charge in [-0.1, -0.05) is 12.1 Å². The van der Waals surface area contributed by atoms with Crippen molar-refractivity contribution in [2.75, 3.05) is 13.2 Å². The molecule has 90 valence electrons. The summed E-state index contributed by atoms with van der Waals surface area (Å²) in [7, 11) is 0. The molecule has 3 nitrogen and oxygen atoms in total. The molecule has 0 amide bonds. The lowest BCUT2D eigenvalue weighted by Crippen LogP contribution is -2.11. The Balaban J connectivity index is 2.90. The minimum Gasteiger partial charge on any atom is -0.490 e. The summed E-state index contributed by atoms with van der Waals surface area (Å²) in [6.45, 7) is 1.82. The van der Waals surface area contributed by atoms with Crippen LogP contribution in [0.3, 0.4) is 0 Å². The molecule has 0 aliphatic heterocycles. The molecule has 0 aliphatic carbocycles. The lowest BCUT2D eigenvalue weighted by Gasteiger charge is -2.14. The van der Waals surface area contributed by atoms with E-state index in [0.717, 1.165) is 0 Å². The Morgan fingerprint density at radius 3 is 2.62 bits per heavy atom. The number of rotatable bonds is 6. The molecule has 0 fully saturated rings. The Labute approximate surface area is 93.2 Å². The average molecular weight is 231 g/mol. The van der Waals surface area contributed by atoms with Gasteiger partial charge in [0.15, 0.2) is 11.5 Å². The van der Waals surface area contributed by atoms with Gasteiger partial charge < -0.3 is 15.2 Å². The van der Waals surface area contributed by atoms with Gasteiger partial charge in [-0.3, -0.25) is 0 Å². The molecular weight excluding hydrogens is 216 g/mol. The molecule has 0 heterocycles. The molecule has 0 bridgehead atoms. The van der Waals surface area contributed by atoms with E-state index in [9.17, 15) is 8.78 Å². The van der Waals surface area contributed by atoms with Crippen molar-refractivity contribution in [1.82, 2.24) is 0 Å². The minimum atomic E-state index is -2.51. The van der Waals surface area contributed by atoms with Crippen molar-refractivity contribution in [2.24, 2.45) is 5.73 Å². The van der Waals surface area contributed by atoms with Crippen LogP contribution in [0.2, 0.25) is 0 Å². The van der Waals surface area contributed by atoms with Crippen LogP contribution in [-0.2, 0) is 6.54 Å². The van der Waals surface area contributed by atoms with E-state index in [2.05, 4.69) is 0 Å². The number of para-hydroxylation sites is 1. The third kappa shape index (κ3) is 3.34. The number of hydrogen-bond donors (Lipinski definition) is 1. The van der Waals surface area contributed by atoms with E-state index >= 15 is 0 Å². The molecule has 0 radical (unpaired) electrons. The zero-order valence-electron chi connectivity index (χ0n) is 9.08. The number of ether oxygens (including phenoxy) is 2. The van der Waals surface area contributed by atoms with Crippen LogP contribution in [0.4, 0.5) is 8.78 Å². The fraction of sp³-hybridized carbons (Fsp3) is 0.455. The molecule has 0 saturated carbocycles. The molecular formula is C11H15F2NO2. The van der Waals surface area contributed by atoms with Crippen molar-refractivity contribution in [3.8, 4) is 11.5 Å². The van der Waals surface area contributed by atoms with Gasteiger partial charge in [0.2, 0.25) is 0 Å². The zero-order valence-corrected chi connectivity index (χ0v) is 9.08. The molecule has 5 heteroatoms. The van der Waals surface area contributed by atoms with Gasteiger partial charge >= 0.3 is 0 Å². The van der Waals surface area contributed by atoms with Crippen LogP contribution in [0.1, 0.15) is 12.5 Å². The molecule has 0 aromatic heterocycles. The first-order valence-corrected chi connectivity index (χ1v) is 5.04. The van der Waals surface area contributed by atoms with Crippen LogP contribution in [0, 0.1) is 0 Å². The standard InChI is InChI=1S/C11H15F2NO2/c1-2-15-9-5-3-4-8(6-14)11(9)16-7-10(12)13/h3-5,10H,2,6-7,14H2,1H3. The Kier molecular flexibility index (Phi) is 4.98. The maximum Gasteiger partial charge on any atom is 0.272 e. The molecule has 2 N–H and O–H groups in total. The van der Waals surface area contributed by atoms with Gasteiger partial charge in [-0.25, -0.2) is 8.78 Å². The second kappa shape index (κ2) is 6.27. The van der Waals surface area contributed by atoms with Crippen molar-refractivity contribution >= 4 is 0 Å². The van der Waals surface area contributed by atoms with E-state index in [1.54, 1.807) is 18.2 Å². The Morgan fingerprint density at radius 2 is 2.06 bits per heavy atom. The van der Waals surface area contributed by atoms with E-state index in [4.69, 9.17) is 15.2 Å². The minimum absolute atomic E-state index is 0.222. The lowest BCUT2D eigenvalue weighted by molar-refractivity contribution is 0.0796. The molecule has 1 aromatic rings. The van der Waals surface area contributed by atoms with Gasteiger partial charge in [-0.05, 0) is 13.0 Å². The normalized spacial score (nSPS) is 10.6. The van der Waals surface area contributed by atoms with Crippen molar-refractivity contribution < 1.29 is 18.3 Å². The van der Waals surface area contributed by atoms with E-state index in [1.165, 1.54) is 0 Å². The number of alkyl halides is 2. The Bertz CT molecular complexity index is 332. The molecule has 0 unspecified atom stereocenters. The topological polar surface area (TPSA) is 44.5 Å². The summed E-state index contributed by atoms with van der Waals surface area (Å²) in [5, 5.41) is 0. The summed E-state index contributed by atoms with van der Waals surface area (Å²) in [4.78, 5) is 0. The van der Waals surface area contributed by atoms with E-state index in [-0.39, 0.29) is 6.54 Å². The van der Waals surface area contributed by atoms with Crippen LogP contribution in [0.5, 0.6) is 11.5 Å². The van der Waals surface area contributed by atoms with Crippen LogP contribution in [-0.4, -0.2) is 19.6 Å². The molecule has 1 aromatic carbocycles. The highest BCUT2D eigenvalue weighted by Crippen LogP contribution is 2.31. The fourth-order valence-corrected chi connectivity index (χ4v) is 1.30. The molecule has 0 spiro atoms. The van der Waals surface area contributed by atoms with Crippen molar-refractivity contribution in [3.63, 3.8) is 0 Å². The zero-order chi connectivity index (χ0) is 12.0. The number of nitrogens with two attached hydrogens (primary N) is 1. The largest absolute Gasteiger partial charge is 0.490 e. The Hall–Kier alpha value is -1.36. The summed E-state index contributed by atoms with van der Waals surface area (Å²) < 4.78 is 34.5. The third-order valence-corrected chi connectivity index (χ3v) is 1.93. The summed E-state index contributed by atoms with van der Waals surface area (Å²) in [5.74, 6) is 0.762. The second-order valence-corrected chi connectivity index (χ2v) is 3.08. The van der Waals surface area contributed by atoms with Crippen LogP contribution in [0.25, 0.3) is 0 Å². The number of halogens is 2. The van der Waals surface area contributed by atoms with Crippen LogP contribution < -0.4 is 15.2 Å². The molecule has 1 rings (SSSR count). The quantitative estimate of drug-likeness (QED) is 0.816. The van der Waals surface area contributed by atoms with Crippen LogP contribution in [0.15, 0.2) is 18.2 Å². The molecule has 0 atom stereocenters. The highest BCUT2D eigenvalue weighted by molar-refractivity contribution is 5.46. The predicted molar refractivity (Wildman–Crippen MR) is 57.0 cm³/mol. The smallest absolute Gasteiger partial charge is 0.272 e. The SMILES string of the molecule is CCOc1cccc(CN)c1OCC(F)F. The maximum absolute atomic E-state index is 12.1. The Morgan fingerprint density at radius 1 is 1.31 bits per heavy atom. The first-order chi connectivity index (χ1) is 7.69. The fourth-order valence-electron chi connectivity index (χ4n) is 1.30. The van der Waals surface area contributed by atoms with E-state index < -0.39 is 13.0 Å². The van der Waals surface area contributed by atoms with Crippen molar-refractivity contribution in [3.05, 3.63) is 23.8 Å². The second-order valence-electron chi connectivity index (χ2n) is 3.08. The van der Waals surface area contributed by atoms with Crippen molar-refractivity contribution in [2.45, 2.75) is 19.9 Å². The van der Waals surface area contributed by atoms with Crippen LogP contribution >= 0.6 is 0 Å². The summed E-state index contributed by atoms with van der Waals surface area (Å²) >= 11 is 0. The van der Waals surface area contributed by atoms with Gasteiger partial charge in [0, 0.05) is 12.1 Å². The van der Waals surface area contributed by atoms with Gasteiger partial charge in [0.05, 0.1) is 6.61 Å². The molecule has 16 heavy (non-hydrogen) atoms. The monoisotopic (exact) mass is 231 g/mol. The number of benzene rings is 1. The lowest BCUT2D eigenvalue weighted by atomic mass is 10.2. The molecule has 0 aliphatic rings. The maximum atomic E-state index is 12.1. The van der Waals surface area contributed by atoms with Crippen molar-refractivity contribution in [1.29, 1.82) is 0 Å². The summed E-state index contributed by atoms with van der Waals surface area (Å²) in [5.41, 5.74) is 6.16. The first-order valence-electron chi connectivity index (χ1n) is 5.04.